The molecule has 0 aliphatic heterocycles. The maximum Gasteiger partial charge on any atom is 0.303 e. The van der Waals surface area contributed by atoms with E-state index in [0.717, 1.165) is 21.2 Å². The van der Waals surface area contributed by atoms with Crippen molar-refractivity contribution in [3.8, 4) is 0 Å². The van der Waals surface area contributed by atoms with Crippen molar-refractivity contribution in [3.63, 3.8) is 0 Å². The van der Waals surface area contributed by atoms with Gasteiger partial charge in [0.25, 0.3) is 0 Å². The molecule has 0 aromatic carbocycles. The van der Waals surface area contributed by atoms with E-state index in [-0.39, 0.29) is 6.42 Å². The SMILES string of the molecule is CN(Cc1csc(Br)c1)c1nc(CCC(=O)O)cs1. The van der Waals surface area contributed by atoms with E-state index in [2.05, 4.69) is 37.3 Å². The highest BCUT2D eigenvalue weighted by Gasteiger charge is 2.09. The van der Waals surface area contributed by atoms with Gasteiger partial charge in [-0.05, 0) is 32.9 Å². The molecule has 0 amide bonds. The van der Waals surface area contributed by atoms with Crippen molar-refractivity contribution in [2.75, 3.05) is 11.9 Å². The Balaban J connectivity index is 1.95. The number of carbonyl (C=O) groups is 1. The van der Waals surface area contributed by atoms with E-state index in [0.29, 0.717) is 6.42 Å². The molecular weight excluding hydrogens is 348 g/mol. The Labute approximate surface area is 127 Å². The fourth-order valence-electron chi connectivity index (χ4n) is 1.59. The van der Waals surface area contributed by atoms with Crippen molar-refractivity contribution in [2.45, 2.75) is 19.4 Å². The lowest BCUT2D eigenvalue weighted by molar-refractivity contribution is -0.136. The highest BCUT2D eigenvalue weighted by Crippen LogP contribution is 2.25. The van der Waals surface area contributed by atoms with Crippen LogP contribution >= 0.6 is 38.6 Å². The molecule has 0 radical (unpaired) electrons. The molecule has 1 N–H and O–H groups in total. The number of aromatic nitrogens is 1. The number of aliphatic carboxylic acids is 1. The monoisotopic (exact) mass is 360 g/mol. The molecule has 0 spiro atoms. The lowest BCUT2D eigenvalue weighted by atomic mass is 10.2. The summed E-state index contributed by atoms with van der Waals surface area (Å²) < 4.78 is 1.12. The molecule has 102 valence electrons. The molecule has 2 rings (SSSR count). The van der Waals surface area contributed by atoms with Gasteiger partial charge in [-0.25, -0.2) is 4.98 Å². The highest BCUT2D eigenvalue weighted by molar-refractivity contribution is 9.11. The van der Waals surface area contributed by atoms with Gasteiger partial charge in [0.2, 0.25) is 0 Å². The van der Waals surface area contributed by atoms with Crippen molar-refractivity contribution in [1.29, 1.82) is 0 Å². The zero-order chi connectivity index (χ0) is 13.8. The number of rotatable bonds is 6. The molecule has 0 atom stereocenters. The zero-order valence-corrected chi connectivity index (χ0v) is 13.5. The van der Waals surface area contributed by atoms with Crippen LogP contribution in [0.3, 0.4) is 0 Å². The molecule has 4 nitrogen and oxygen atoms in total. The first-order valence-electron chi connectivity index (χ1n) is 5.65. The number of thiophene rings is 1. The summed E-state index contributed by atoms with van der Waals surface area (Å²) in [6.45, 7) is 0.800. The molecule has 0 saturated heterocycles. The average molecular weight is 361 g/mol. The Morgan fingerprint density at radius 3 is 2.89 bits per heavy atom. The molecular formula is C12H13BrN2O2S2. The number of aryl methyl sites for hydroxylation is 1. The molecule has 2 heterocycles. The standard InChI is InChI=1S/C12H13BrN2O2S2/c1-15(5-8-4-10(13)18-6-8)12-14-9(7-19-12)2-3-11(16)17/h4,6-7H,2-3,5H2,1H3,(H,16,17). The quantitative estimate of drug-likeness (QED) is 0.854. The van der Waals surface area contributed by atoms with Gasteiger partial charge in [0, 0.05) is 25.4 Å². The Kier molecular flexibility index (Phi) is 4.95. The van der Waals surface area contributed by atoms with Gasteiger partial charge in [-0.3, -0.25) is 4.79 Å². The number of hydrogen-bond acceptors (Lipinski definition) is 5. The van der Waals surface area contributed by atoms with Gasteiger partial charge >= 0.3 is 5.97 Å². The first-order valence-corrected chi connectivity index (χ1v) is 8.20. The summed E-state index contributed by atoms with van der Waals surface area (Å²) in [7, 11) is 1.99. The second-order valence-electron chi connectivity index (χ2n) is 4.13. The smallest absolute Gasteiger partial charge is 0.303 e. The van der Waals surface area contributed by atoms with Crippen LogP contribution in [0, 0.1) is 0 Å². The Morgan fingerprint density at radius 1 is 1.47 bits per heavy atom. The van der Waals surface area contributed by atoms with Crippen LogP contribution in [0.25, 0.3) is 0 Å². The summed E-state index contributed by atoms with van der Waals surface area (Å²) in [5, 5.41) is 13.6. The summed E-state index contributed by atoms with van der Waals surface area (Å²) in [6.07, 6.45) is 0.619. The minimum atomic E-state index is -0.786. The van der Waals surface area contributed by atoms with E-state index in [9.17, 15) is 4.79 Å². The molecule has 7 heteroatoms. The molecule has 0 unspecified atom stereocenters. The van der Waals surface area contributed by atoms with E-state index in [4.69, 9.17) is 5.11 Å². The van der Waals surface area contributed by atoms with Gasteiger partial charge in [0.05, 0.1) is 15.9 Å². The minimum absolute atomic E-state index is 0.129. The van der Waals surface area contributed by atoms with E-state index in [1.54, 1.807) is 22.7 Å². The molecule has 0 saturated carbocycles. The fourth-order valence-corrected chi connectivity index (χ4v) is 3.62. The highest BCUT2D eigenvalue weighted by atomic mass is 79.9. The van der Waals surface area contributed by atoms with Crippen molar-refractivity contribution in [3.05, 3.63) is 31.9 Å². The number of halogens is 1. The Morgan fingerprint density at radius 2 is 2.26 bits per heavy atom. The van der Waals surface area contributed by atoms with Crippen molar-refractivity contribution in [2.24, 2.45) is 0 Å². The minimum Gasteiger partial charge on any atom is -0.481 e. The molecule has 2 aromatic rings. The van der Waals surface area contributed by atoms with Gasteiger partial charge < -0.3 is 10.0 Å². The summed E-state index contributed by atoms with van der Waals surface area (Å²) in [6, 6.07) is 2.10. The third-order valence-corrected chi connectivity index (χ3v) is 5.06. The second kappa shape index (κ2) is 6.49. The van der Waals surface area contributed by atoms with Crippen LogP contribution in [0.15, 0.2) is 20.6 Å². The molecule has 2 aromatic heterocycles. The second-order valence-corrected chi connectivity index (χ2v) is 7.26. The third kappa shape index (κ3) is 4.29. The van der Waals surface area contributed by atoms with Crippen molar-refractivity contribution in [1.82, 2.24) is 4.98 Å². The lowest BCUT2D eigenvalue weighted by Crippen LogP contribution is -2.15. The predicted octanol–water partition coefficient (Wildman–Crippen LogP) is 3.62. The third-order valence-electron chi connectivity index (χ3n) is 2.50. The summed E-state index contributed by atoms with van der Waals surface area (Å²) >= 11 is 6.66. The summed E-state index contributed by atoms with van der Waals surface area (Å²) in [5.41, 5.74) is 2.09. The van der Waals surface area contributed by atoms with E-state index in [1.165, 1.54) is 5.56 Å². The average Bonchev–Trinajstić information content (AvgIpc) is 2.95. The van der Waals surface area contributed by atoms with Crippen molar-refractivity contribution >= 4 is 49.7 Å². The van der Waals surface area contributed by atoms with Crippen LogP contribution < -0.4 is 4.90 Å². The topological polar surface area (TPSA) is 53.4 Å². The van der Waals surface area contributed by atoms with Gasteiger partial charge in [-0.15, -0.1) is 22.7 Å². The van der Waals surface area contributed by atoms with Gasteiger partial charge in [-0.2, -0.15) is 0 Å². The Bertz CT molecular complexity index is 568. The summed E-state index contributed by atoms with van der Waals surface area (Å²) in [5.74, 6) is -0.786. The van der Waals surface area contributed by atoms with Crippen LogP contribution in [0.4, 0.5) is 5.13 Å². The molecule has 0 fully saturated rings. The lowest BCUT2D eigenvalue weighted by Gasteiger charge is -2.14. The van der Waals surface area contributed by atoms with E-state index < -0.39 is 5.97 Å². The van der Waals surface area contributed by atoms with Crippen molar-refractivity contribution < 1.29 is 9.90 Å². The van der Waals surface area contributed by atoms with Crippen LogP contribution in [-0.2, 0) is 17.8 Å². The van der Waals surface area contributed by atoms with E-state index in [1.807, 2.05) is 12.4 Å². The number of thiazole rings is 1. The normalized spacial score (nSPS) is 10.6. The van der Waals surface area contributed by atoms with E-state index >= 15 is 0 Å². The number of hydrogen-bond donors (Lipinski definition) is 1. The van der Waals surface area contributed by atoms with Crippen LogP contribution in [0.1, 0.15) is 17.7 Å². The van der Waals surface area contributed by atoms with Gasteiger partial charge in [-0.1, -0.05) is 0 Å². The number of carboxylic acid groups (broad SMARTS) is 1. The number of anilines is 1. The predicted molar refractivity (Wildman–Crippen MR) is 82.2 cm³/mol. The molecule has 0 aliphatic rings. The maximum atomic E-state index is 10.5. The number of carboxylic acids is 1. The van der Waals surface area contributed by atoms with Crippen LogP contribution in [0.5, 0.6) is 0 Å². The summed E-state index contributed by atoms with van der Waals surface area (Å²) in [4.78, 5) is 17.0. The van der Waals surface area contributed by atoms with Gasteiger partial charge in [0.1, 0.15) is 0 Å². The van der Waals surface area contributed by atoms with Gasteiger partial charge in [0.15, 0.2) is 5.13 Å². The molecule has 0 aliphatic carbocycles. The Hall–Kier alpha value is -0.920. The molecule has 0 bridgehead atoms. The maximum absolute atomic E-state index is 10.5. The van der Waals surface area contributed by atoms with Crippen LogP contribution in [-0.4, -0.2) is 23.1 Å². The first-order chi connectivity index (χ1) is 9.04. The largest absolute Gasteiger partial charge is 0.481 e. The fraction of sp³-hybridized carbons (Fsp3) is 0.333. The first kappa shape index (κ1) is 14.5. The number of nitrogens with zero attached hydrogens (tertiary/aromatic N) is 2. The molecule has 19 heavy (non-hydrogen) atoms. The zero-order valence-electron chi connectivity index (χ0n) is 10.3. The van der Waals surface area contributed by atoms with Crippen LogP contribution in [0.2, 0.25) is 0 Å².